The SMILES string of the molecule is COc1ccc(-c2nc3c(N)c(CO)cnc3s2)cc1. The average molecular weight is 287 g/mol. The van der Waals surface area contributed by atoms with Crippen LogP contribution < -0.4 is 10.5 Å². The smallest absolute Gasteiger partial charge is 0.145 e. The predicted molar refractivity (Wildman–Crippen MR) is 79.7 cm³/mol. The third-order valence-electron chi connectivity index (χ3n) is 3.06. The van der Waals surface area contributed by atoms with Crippen LogP contribution in [0.5, 0.6) is 5.75 Å². The molecular formula is C14H13N3O2S. The number of nitrogen functional groups attached to an aromatic ring is 1. The molecule has 3 aromatic rings. The Morgan fingerprint density at radius 1 is 1.30 bits per heavy atom. The summed E-state index contributed by atoms with van der Waals surface area (Å²) < 4.78 is 5.14. The Hall–Kier alpha value is -2.18. The molecule has 0 atom stereocenters. The molecule has 0 saturated carbocycles. The second-order valence-electron chi connectivity index (χ2n) is 4.26. The molecule has 102 valence electrons. The van der Waals surface area contributed by atoms with E-state index in [2.05, 4.69) is 9.97 Å². The molecule has 0 fully saturated rings. The maximum atomic E-state index is 9.20. The Morgan fingerprint density at radius 3 is 2.70 bits per heavy atom. The molecule has 3 rings (SSSR count). The summed E-state index contributed by atoms with van der Waals surface area (Å²) in [6.07, 6.45) is 1.59. The lowest BCUT2D eigenvalue weighted by Gasteiger charge is -2.00. The number of methoxy groups -OCH3 is 1. The molecule has 0 radical (unpaired) electrons. The van der Waals surface area contributed by atoms with Gasteiger partial charge in [0, 0.05) is 17.3 Å². The topological polar surface area (TPSA) is 81.3 Å². The van der Waals surface area contributed by atoms with E-state index < -0.39 is 0 Å². The van der Waals surface area contributed by atoms with Gasteiger partial charge in [-0.05, 0) is 24.3 Å². The first-order valence-corrected chi connectivity index (χ1v) is 6.83. The van der Waals surface area contributed by atoms with Crippen molar-refractivity contribution in [1.29, 1.82) is 0 Å². The van der Waals surface area contributed by atoms with Crippen LogP contribution in [-0.2, 0) is 6.61 Å². The van der Waals surface area contributed by atoms with Crippen molar-refractivity contribution in [2.24, 2.45) is 0 Å². The summed E-state index contributed by atoms with van der Waals surface area (Å²) in [4.78, 5) is 9.58. The van der Waals surface area contributed by atoms with Crippen molar-refractivity contribution in [2.75, 3.05) is 12.8 Å². The van der Waals surface area contributed by atoms with E-state index in [1.807, 2.05) is 24.3 Å². The Kier molecular flexibility index (Phi) is 3.25. The molecule has 20 heavy (non-hydrogen) atoms. The van der Waals surface area contributed by atoms with Crippen molar-refractivity contribution in [1.82, 2.24) is 9.97 Å². The van der Waals surface area contributed by atoms with Gasteiger partial charge in [-0.3, -0.25) is 0 Å². The highest BCUT2D eigenvalue weighted by Gasteiger charge is 2.12. The summed E-state index contributed by atoms with van der Waals surface area (Å²) in [5.74, 6) is 0.801. The highest BCUT2D eigenvalue weighted by atomic mass is 32.1. The first-order chi connectivity index (χ1) is 9.72. The lowest BCUT2D eigenvalue weighted by molar-refractivity contribution is 0.282. The van der Waals surface area contributed by atoms with Gasteiger partial charge in [-0.25, -0.2) is 9.97 Å². The molecule has 3 N–H and O–H groups in total. The van der Waals surface area contributed by atoms with Crippen LogP contribution in [-0.4, -0.2) is 22.2 Å². The van der Waals surface area contributed by atoms with E-state index in [0.29, 0.717) is 16.8 Å². The third-order valence-corrected chi connectivity index (χ3v) is 4.07. The first kappa shape index (κ1) is 12.8. The van der Waals surface area contributed by atoms with Crippen molar-refractivity contribution < 1.29 is 9.84 Å². The molecule has 0 amide bonds. The number of benzene rings is 1. The van der Waals surface area contributed by atoms with E-state index in [1.54, 1.807) is 13.3 Å². The van der Waals surface area contributed by atoms with Crippen LogP contribution in [0.4, 0.5) is 5.69 Å². The molecule has 1 aromatic carbocycles. The Labute approximate surface area is 119 Å². The lowest BCUT2D eigenvalue weighted by atomic mass is 10.2. The van der Waals surface area contributed by atoms with Gasteiger partial charge in [-0.1, -0.05) is 11.3 Å². The number of ether oxygens (including phenoxy) is 1. The van der Waals surface area contributed by atoms with Gasteiger partial charge in [0.1, 0.15) is 21.1 Å². The molecule has 0 unspecified atom stereocenters. The van der Waals surface area contributed by atoms with Gasteiger partial charge in [-0.2, -0.15) is 0 Å². The van der Waals surface area contributed by atoms with Crippen LogP contribution in [0.1, 0.15) is 5.56 Å². The van der Waals surface area contributed by atoms with E-state index in [9.17, 15) is 5.11 Å². The second-order valence-corrected chi connectivity index (χ2v) is 5.23. The number of thiazole rings is 1. The minimum atomic E-state index is -0.135. The summed E-state index contributed by atoms with van der Waals surface area (Å²) in [5, 5.41) is 10.0. The van der Waals surface area contributed by atoms with Gasteiger partial charge in [0.2, 0.25) is 0 Å². The van der Waals surface area contributed by atoms with Gasteiger partial charge in [-0.15, -0.1) is 0 Å². The van der Waals surface area contributed by atoms with Gasteiger partial charge >= 0.3 is 0 Å². The summed E-state index contributed by atoms with van der Waals surface area (Å²) in [7, 11) is 1.63. The zero-order valence-electron chi connectivity index (χ0n) is 10.8. The minimum Gasteiger partial charge on any atom is -0.497 e. The fourth-order valence-electron chi connectivity index (χ4n) is 1.92. The number of rotatable bonds is 3. The molecule has 0 aliphatic rings. The van der Waals surface area contributed by atoms with Crippen LogP contribution in [0.15, 0.2) is 30.5 Å². The van der Waals surface area contributed by atoms with Crippen molar-refractivity contribution >= 4 is 27.4 Å². The van der Waals surface area contributed by atoms with E-state index in [0.717, 1.165) is 21.2 Å². The Morgan fingerprint density at radius 2 is 2.05 bits per heavy atom. The maximum Gasteiger partial charge on any atom is 0.145 e. The van der Waals surface area contributed by atoms with Crippen molar-refractivity contribution in [3.05, 3.63) is 36.0 Å². The fraction of sp³-hybridized carbons (Fsp3) is 0.143. The number of hydrogen-bond donors (Lipinski definition) is 2. The largest absolute Gasteiger partial charge is 0.497 e. The van der Waals surface area contributed by atoms with E-state index in [1.165, 1.54) is 11.3 Å². The van der Waals surface area contributed by atoms with Gasteiger partial charge in [0.05, 0.1) is 19.4 Å². The number of hydrogen-bond acceptors (Lipinski definition) is 6. The second kappa shape index (κ2) is 5.07. The quantitative estimate of drug-likeness (QED) is 0.773. The third kappa shape index (κ3) is 2.09. The van der Waals surface area contributed by atoms with E-state index in [-0.39, 0.29) is 6.61 Å². The maximum absolute atomic E-state index is 9.20. The van der Waals surface area contributed by atoms with E-state index >= 15 is 0 Å². The van der Waals surface area contributed by atoms with Crippen LogP contribution in [0.3, 0.4) is 0 Å². The van der Waals surface area contributed by atoms with Gasteiger partial charge < -0.3 is 15.6 Å². The molecule has 0 aliphatic carbocycles. The number of anilines is 1. The lowest BCUT2D eigenvalue weighted by Crippen LogP contribution is -1.96. The minimum absolute atomic E-state index is 0.135. The molecule has 5 nitrogen and oxygen atoms in total. The highest BCUT2D eigenvalue weighted by molar-refractivity contribution is 7.21. The summed E-state index contributed by atoms with van der Waals surface area (Å²) >= 11 is 1.47. The number of aromatic nitrogens is 2. The van der Waals surface area contributed by atoms with Crippen LogP contribution in [0.2, 0.25) is 0 Å². The number of fused-ring (bicyclic) bond motifs is 1. The number of aliphatic hydroxyl groups excluding tert-OH is 1. The van der Waals surface area contributed by atoms with Crippen molar-refractivity contribution in [3.8, 4) is 16.3 Å². The highest BCUT2D eigenvalue weighted by Crippen LogP contribution is 2.33. The molecule has 2 heterocycles. The predicted octanol–water partition coefficient (Wildman–Crippen LogP) is 2.44. The van der Waals surface area contributed by atoms with Crippen LogP contribution in [0, 0.1) is 0 Å². The molecule has 0 bridgehead atoms. The molecular weight excluding hydrogens is 274 g/mol. The van der Waals surface area contributed by atoms with Crippen molar-refractivity contribution in [3.63, 3.8) is 0 Å². The van der Waals surface area contributed by atoms with E-state index in [4.69, 9.17) is 10.5 Å². The molecule has 6 heteroatoms. The molecule has 0 spiro atoms. The normalized spacial score (nSPS) is 10.9. The monoisotopic (exact) mass is 287 g/mol. The van der Waals surface area contributed by atoms with Crippen LogP contribution >= 0.6 is 11.3 Å². The Bertz CT molecular complexity index is 753. The van der Waals surface area contributed by atoms with Gasteiger partial charge in [0.25, 0.3) is 0 Å². The summed E-state index contributed by atoms with van der Waals surface area (Å²) in [5.41, 5.74) is 8.72. The zero-order chi connectivity index (χ0) is 14.1. The summed E-state index contributed by atoms with van der Waals surface area (Å²) in [6.45, 7) is -0.135. The number of pyridine rings is 1. The van der Waals surface area contributed by atoms with Crippen molar-refractivity contribution in [2.45, 2.75) is 6.61 Å². The zero-order valence-corrected chi connectivity index (χ0v) is 11.6. The number of nitrogens with zero attached hydrogens (tertiary/aromatic N) is 2. The van der Waals surface area contributed by atoms with Crippen LogP contribution in [0.25, 0.3) is 20.9 Å². The fourth-order valence-corrected chi connectivity index (χ4v) is 2.85. The standard InChI is InChI=1S/C14H13N3O2S/c1-19-10-4-2-8(3-5-10)13-17-12-11(15)9(7-18)6-16-14(12)20-13/h2-6,18H,7H2,1H3,(H2,15,16). The number of nitrogens with two attached hydrogens (primary N) is 1. The summed E-state index contributed by atoms with van der Waals surface area (Å²) in [6, 6.07) is 7.66. The first-order valence-electron chi connectivity index (χ1n) is 6.02. The molecule has 0 saturated heterocycles. The molecule has 0 aliphatic heterocycles. The number of aliphatic hydroxyl groups is 1. The Balaban J connectivity index is 2.10. The average Bonchev–Trinajstić information content (AvgIpc) is 2.93. The van der Waals surface area contributed by atoms with Gasteiger partial charge in [0.15, 0.2) is 0 Å². The molecule has 2 aromatic heterocycles.